The highest BCUT2D eigenvalue weighted by Gasteiger charge is 2.25. The zero-order valence-electron chi connectivity index (χ0n) is 16.3. The summed E-state index contributed by atoms with van der Waals surface area (Å²) in [5.74, 6) is -0.644. The lowest BCUT2D eigenvalue weighted by atomic mass is 9.95. The molecule has 1 atom stereocenters. The molecule has 5 nitrogen and oxygen atoms in total. The van der Waals surface area contributed by atoms with Crippen molar-refractivity contribution < 1.29 is 14.3 Å². The summed E-state index contributed by atoms with van der Waals surface area (Å²) in [7, 11) is 0. The molecule has 1 saturated carbocycles. The summed E-state index contributed by atoms with van der Waals surface area (Å²) in [5.41, 5.74) is 2.40. The van der Waals surface area contributed by atoms with Crippen LogP contribution in [-0.2, 0) is 16.1 Å². The van der Waals surface area contributed by atoms with Gasteiger partial charge in [-0.1, -0.05) is 25.3 Å². The highest BCUT2D eigenvalue weighted by molar-refractivity contribution is 7.09. The van der Waals surface area contributed by atoms with E-state index in [1.807, 2.05) is 31.4 Å². The maximum atomic E-state index is 12.6. The van der Waals surface area contributed by atoms with Gasteiger partial charge in [-0.3, -0.25) is 4.79 Å². The van der Waals surface area contributed by atoms with E-state index in [1.165, 1.54) is 11.3 Å². The predicted octanol–water partition coefficient (Wildman–Crippen LogP) is 4.21. The van der Waals surface area contributed by atoms with Gasteiger partial charge >= 0.3 is 5.97 Å². The van der Waals surface area contributed by atoms with Crippen molar-refractivity contribution in [2.75, 3.05) is 0 Å². The Bertz CT molecular complexity index is 789. The van der Waals surface area contributed by atoms with Crippen molar-refractivity contribution in [3.8, 4) is 0 Å². The maximum absolute atomic E-state index is 12.6. The molecule has 0 aliphatic heterocycles. The van der Waals surface area contributed by atoms with Gasteiger partial charge in [0.05, 0.1) is 12.1 Å². The van der Waals surface area contributed by atoms with Crippen molar-refractivity contribution >= 4 is 23.2 Å². The average Bonchev–Trinajstić information content (AvgIpc) is 3.26. The molecule has 27 heavy (non-hydrogen) atoms. The fourth-order valence-corrected chi connectivity index (χ4v) is 4.35. The van der Waals surface area contributed by atoms with Gasteiger partial charge in [0.2, 0.25) is 0 Å². The molecule has 0 radical (unpaired) electrons. The minimum Gasteiger partial charge on any atom is -0.449 e. The standard InChI is InChI=1S/C21H28N2O3S/c1-14-12-19(15(2)23(14)13-18-10-7-11-27-18)21(25)26-16(3)20(24)22-17-8-5-4-6-9-17/h7,10-12,16-17H,4-6,8-9,13H2,1-3H3,(H,22,24)/t16-/m1/s1. The Balaban J connectivity index is 1.62. The number of esters is 1. The first-order valence-corrected chi connectivity index (χ1v) is 10.5. The number of aromatic nitrogens is 1. The third kappa shape index (κ3) is 4.80. The van der Waals surface area contributed by atoms with Gasteiger partial charge in [-0.25, -0.2) is 4.79 Å². The Morgan fingerprint density at radius 3 is 2.70 bits per heavy atom. The van der Waals surface area contributed by atoms with Crippen LogP contribution in [0.15, 0.2) is 23.6 Å². The van der Waals surface area contributed by atoms with Gasteiger partial charge in [0, 0.05) is 22.3 Å². The molecule has 1 amide bonds. The van der Waals surface area contributed by atoms with Crippen LogP contribution >= 0.6 is 11.3 Å². The molecule has 1 aliphatic carbocycles. The Labute approximate surface area is 164 Å². The first kappa shape index (κ1) is 19.7. The van der Waals surface area contributed by atoms with Crippen molar-refractivity contribution in [3.05, 3.63) is 45.4 Å². The molecule has 2 aromatic rings. The number of carbonyl (C=O) groups is 2. The minimum absolute atomic E-state index is 0.206. The van der Waals surface area contributed by atoms with E-state index in [-0.39, 0.29) is 11.9 Å². The molecule has 0 saturated heterocycles. The lowest BCUT2D eigenvalue weighted by Crippen LogP contribution is -2.42. The van der Waals surface area contributed by atoms with Crippen molar-refractivity contribution in [1.29, 1.82) is 0 Å². The van der Waals surface area contributed by atoms with Gasteiger partial charge in [0.1, 0.15) is 0 Å². The van der Waals surface area contributed by atoms with E-state index in [9.17, 15) is 9.59 Å². The third-order valence-electron chi connectivity index (χ3n) is 5.29. The molecule has 2 heterocycles. The highest BCUT2D eigenvalue weighted by atomic mass is 32.1. The predicted molar refractivity (Wildman–Crippen MR) is 107 cm³/mol. The SMILES string of the molecule is Cc1cc(C(=O)O[C@H](C)C(=O)NC2CCCCC2)c(C)n1Cc1cccs1. The Hall–Kier alpha value is -2.08. The van der Waals surface area contributed by atoms with Crippen LogP contribution in [0.2, 0.25) is 0 Å². The summed E-state index contributed by atoms with van der Waals surface area (Å²) >= 11 is 1.69. The number of hydrogen-bond acceptors (Lipinski definition) is 4. The Kier molecular flexibility index (Phi) is 6.37. The smallest absolute Gasteiger partial charge is 0.340 e. The topological polar surface area (TPSA) is 60.3 Å². The Morgan fingerprint density at radius 2 is 2.04 bits per heavy atom. The maximum Gasteiger partial charge on any atom is 0.340 e. The van der Waals surface area contributed by atoms with Crippen LogP contribution < -0.4 is 5.32 Å². The molecule has 1 aliphatic rings. The third-order valence-corrected chi connectivity index (χ3v) is 6.15. The van der Waals surface area contributed by atoms with E-state index in [1.54, 1.807) is 18.3 Å². The van der Waals surface area contributed by atoms with Crippen molar-refractivity contribution in [3.63, 3.8) is 0 Å². The molecule has 0 bridgehead atoms. The number of hydrogen-bond donors (Lipinski definition) is 1. The van der Waals surface area contributed by atoms with Crippen molar-refractivity contribution in [1.82, 2.24) is 9.88 Å². The second-order valence-electron chi connectivity index (χ2n) is 7.34. The average molecular weight is 389 g/mol. The second-order valence-corrected chi connectivity index (χ2v) is 8.37. The first-order chi connectivity index (χ1) is 13.0. The Morgan fingerprint density at radius 1 is 1.30 bits per heavy atom. The summed E-state index contributed by atoms with van der Waals surface area (Å²) in [5, 5.41) is 5.06. The van der Waals surface area contributed by atoms with Crippen LogP contribution in [0, 0.1) is 13.8 Å². The number of ether oxygens (including phenoxy) is 1. The number of nitrogens with one attached hydrogen (secondary N) is 1. The van der Waals surface area contributed by atoms with Gasteiger partial charge in [0.15, 0.2) is 6.10 Å². The summed E-state index contributed by atoms with van der Waals surface area (Å²) in [6.07, 6.45) is 4.76. The zero-order chi connectivity index (χ0) is 19.4. The number of rotatable bonds is 6. The molecule has 6 heteroatoms. The molecule has 2 aromatic heterocycles. The van der Waals surface area contributed by atoms with E-state index in [4.69, 9.17) is 4.74 Å². The van der Waals surface area contributed by atoms with Gasteiger partial charge in [0.25, 0.3) is 5.91 Å². The molecule has 0 aromatic carbocycles. The van der Waals surface area contributed by atoms with Gasteiger partial charge in [-0.05, 0) is 51.1 Å². The molecule has 1 N–H and O–H groups in total. The van der Waals surface area contributed by atoms with Crippen LogP contribution in [0.5, 0.6) is 0 Å². The number of nitrogens with zero attached hydrogens (tertiary/aromatic N) is 1. The number of aryl methyl sites for hydroxylation is 1. The second kappa shape index (κ2) is 8.74. The van der Waals surface area contributed by atoms with E-state index in [0.717, 1.165) is 43.6 Å². The summed E-state index contributed by atoms with van der Waals surface area (Å²) < 4.78 is 7.57. The molecule has 146 valence electrons. The van der Waals surface area contributed by atoms with Crippen LogP contribution in [0.4, 0.5) is 0 Å². The fraction of sp³-hybridized carbons (Fsp3) is 0.524. The van der Waals surface area contributed by atoms with E-state index < -0.39 is 12.1 Å². The summed E-state index contributed by atoms with van der Waals surface area (Å²) in [6, 6.07) is 6.16. The van der Waals surface area contributed by atoms with Gasteiger partial charge < -0.3 is 14.6 Å². The van der Waals surface area contributed by atoms with Crippen LogP contribution in [0.25, 0.3) is 0 Å². The molecular weight excluding hydrogens is 360 g/mol. The van der Waals surface area contributed by atoms with Crippen molar-refractivity contribution in [2.24, 2.45) is 0 Å². The zero-order valence-corrected chi connectivity index (χ0v) is 17.1. The molecule has 3 rings (SSSR count). The fourth-order valence-electron chi connectivity index (χ4n) is 3.65. The number of amides is 1. The quantitative estimate of drug-likeness (QED) is 0.754. The highest BCUT2D eigenvalue weighted by Crippen LogP contribution is 2.21. The first-order valence-electron chi connectivity index (χ1n) is 9.66. The molecule has 0 spiro atoms. The number of thiophene rings is 1. The van der Waals surface area contributed by atoms with Crippen molar-refractivity contribution in [2.45, 2.75) is 71.6 Å². The minimum atomic E-state index is -0.792. The van der Waals surface area contributed by atoms with Gasteiger partial charge in [-0.15, -0.1) is 11.3 Å². The van der Waals surface area contributed by atoms with Crippen LogP contribution in [-0.4, -0.2) is 28.6 Å². The van der Waals surface area contributed by atoms with Crippen LogP contribution in [0.3, 0.4) is 0 Å². The van der Waals surface area contributed by atoms with E-state index in [2.05, 4.69) is 16.0 Å². The molecule has 1 fully saturated rings. The lowest BCUT2D eigenvalue weighted by Gasteiger charge is -2.24. The van der Waals surface area contributed by atoms with Gasteiger partial charge in [-0.2, -0.15) is 0 Å². The molecule has 0 unspecified atom stereocenters. The largest absolute Gasteiger partial charge is 0.449 e. The summed E-state index contributed by atoms with van der Waals surface area (Å²) in [4.78, 5) is 26.2. The van der Waals surface area contributed by atoms with E-state index >= 15 is 0 Å². The normalized spacial score (nSPS) is 16.1. The summed E-state index contributed by atoms with van der Waals surface area (Å²) in [6.45, 7) is 6.28. The lowest BCUT2D eigenvalue weighted by molar-refractivity contribution is -0.130. The van der Waals surface area contributed by atoms with Crippen LogP contribution in [0.1, 0.15) is 65.7 Å². The van der Waals surface area contributed by atoms with E-state index in [0.29, 0.717) is 5.56 Å². The molecular formula is C21H28N2O3S. The number of carbonyl (C=O) groups excluding carboxylic acids is 2. The monoisotopic (exact) mass is 388 g/mol.